The Labute approximate surface area is 251 Å². The molecule has 9 heteroatoms. The van der Waals surface area contributed by atoms with Gasteiger partial charge in [0.05, 0.1) is 11.1 Å². The SMILES string of the molecule is CC(C)CC(=O)N1CC(CC(=O)[C@@H]2N[C@H](CC(C)(C)C)[C@]3(C(=O)Nc4cc(Cl)ccc43)[C@H]2c2cccc(Cl)c2F)C1. The van der Waals surface area contributed by atoms with E-state index in [0.717, 1.165) is 0 Å². The normalized spacial score (nSPS) is 25.9. The topological polar surface area (TPSA) is 78.5 Å². The number of hydrogen-bond donors (Lipinski definition) is 2. The molecule has 1 spiro atoms. The molecule has 41 heavy (non-hydrogen) atoms. The summed E-state index contributed by atoms with van der Waals surface area (Å²) in [5.74, 6) is -1.46. The molecular weight excluding hydrogens is 564 g/mol. The molecule has 6 nitrogen and oxygen atoms in total. The number of rotatable bonds is 7. The zero-order valence-electron chi connectivity index (χ0n) is 24.2. The van der Waals surface area contributed by atoms with Crippen molar-refractivity contribution >= 4 is 46.5 Å². The van der Waals surface area contributed by atoms with E-state index < -0.39 is 29.2 Å². The molecule has 0 saturated carbocycles. The van der Waals surface area contributed by atoms with Gasteiger partial charge in [-0.05, 0) is 47.1 Å². The Bertz CT molecular complexity index is 1380. The first kappa shape index (κ1) is 30.0. The van der Waals surface area contributed by atoms with Crippen LogP contribution in [0.1, 0.15) is 70.9 Å². The summed E-state index contributed by atoms with van der Waals surface area (Å²) < 4.78 is 15.9. The van der Waals surface area contributed by atoms with Gasteiger partial charge >= 0.3 is 0 Å². The molecule has 0 radical (unpaired) electrons. The highest BCUT2D eigenvalue weighted by molar-refractivity contribution is 6.31. The minimum atomic E-state index is -1.27. The van der Waals surface area contributed by atoms with Gasteiger partial charge in [0, 0.05) is 54.5 Å². The number of Topliss-reactive ketones (excluding diaryl/α,β-unsaturated/α-hetero) is 1. The van der Waals surface area contributed by atoms with Crippen molar-refractivity contribution in [3.8, 4) is 0 Å². The fourth-order valence-corrected chi connectivity index (χ4v) is 7.35. The number of carbonyl (C=O) groups excluding carboxylic acids is 3. The number of amides is 2. The van der Waals surface area contributed by atoms with Crippen LogP contribution in [0, 0.1) is 23.1 Å². The zero-order chi connectivity index (χ0) is 29.9. The van der Waals surface area contributed by atoms with E-state index >= 15 is 4.39 Å². The van der Waals surface area contributed by atoms with E-state index in [9.17, 15) is 14.4 Å². The van der Waals surface area contributed by atoms with E-state index in [1.54, 1.807) is 29.2 Å². The highest BCUT2D eigenvalue weighted by Crippen LogP contribution is 2.57. The number of hydrogen-bond acceptors (Lipinski definition) is 4. The van der Waals surface area contributed by atoms with Crippen LogP contribution in [0.4, 0.5) is 10.1 Å². The number of likely N-dealkylation sites (tertiary alicyclic amines) is 1. The first-order valence-electron chi connectivity index (χ1n) is 14.3. The van der Waals surface area contributed by atoms with E-state index in [0.29, 0.717) is 42.2 Å². The number of anilines is 1. The van der Waals surface area contributed by atoms with Crippen LogP contribution in [0.5, 0.6) is 0 Å². The van der Waals surface area contributed by atoms with E-state index in [1.165, 1.54) is 6.07 Å². The van der Waals surface area contributed by atoms with Gasteiger partial charge in [0.25, 0.3) is 0 Å². The maximum absolute atomic E-state index is 15.9. The maximum Gasteiger partial charge on any atom is 0.237 e. The molecule has 0 bridgehead atoms. The number of nitrogens with zero attached hydrogens (tertiary/aromatic N) is 1. The largest absolute Gasteiger partial charge is 0.342 e. The maximum atomic E-state index is 15.9. The molecule has 2 N–H and O–H groups in total. The molecule has 3 aliphatic rings. The van der Waals surface area contributed by atoms with Crippen LogP contribution in [0.15, 0.2) is 36.4 Å². The molecule has 4 atom stereocenters. The molecule has 2 fully saturated rings. The van der Waals surface area contributed by atoms with Gasteiger partial charge in [-0.1, -0.05) is 76.0 Å². The number of carbonyl (C=O) groups is 3. The smallest absolute Gasteiger partial charge is 0.237 e. The molecule has 0 aliphatic carbocycles. The molecule has 0 aromatic heterocycles. The van der Waals surface area contributed by atoms with Crippen LogP contribution in [-0.4, -0.2) is 47.7 Å². The Morgan fingerprint density at radius 3 is 2.51 bits per heavy atom. The molecule has 2 aromatic rings. The highest BCUT2D eigenvalue weighted by Gasteiger charge is 2.66. The number of nitrogens with one attached hydrogen (secondary N) is 2. The first-order chi connectivity index (χ1) is 19.2. The summed E-state index contributed by atoms with van der Waals surface area (Å²) in [7, 11) is 0. The molecule has 3 aliphatic heterocycles. The van der Waals surface area contributed by atoms with Crippen molar-refractivity contribution in [3.05, 3.63) is 63.4 Å². The monoisotopic (exact) mass is 601 g/mol. The minimum absolute atomic E-state index is 0.0198. The molecule has 3 heterocycles. The second-order valence-electron chi connectivity index (χ2n) is 13.5. The summed E-state index contributed by atoms with van der Waals surface area (Å²) in [4.78, 5) is 42.6. The highest BCUT2D eigenvalue weighted by atomic mass is 35.5. The lowest BCUT2D eigenvalue weighted by molar-refractivity contribution is -0.140. The summed E-state index contributed by atoms with van der Waals surface area (Å²) in [6.45, 7) is 11.3. The van der Waals surface area contributed by atoms with Crippen molar-refractivity contribution in [1.82, 2.24) is 10.2 Å². The van der Waals surface area contributed by atoms with E-state index in [1.807, 2.05) is 19.9 Å². The summed E-state index contributed by atoms with van der Waals surface area (Å²) in [6, 6.07) is 8.72. The second kappa shape index (κ2) is 11.0. The molecule has 0 unspecified atom stereocenters. The molecule has 2 saturated heterocycles. The van der Waals surface area contributed by atoms with Crippen LogP contribution < -0.4 is 10.6 Å². The van der Waals surface area contributed by atoms with Crippen molar-refractivity contribution < 1.29 is 18.8 Å². The Morgan fingerprint density at radius 2 is 1.85 bits per heavy atom. The Balaban J connectivity index is 1.56. The third-order valence-electron chi connectivity index (χ3n) is 8.67. The minimum Gasteiger partial charge on any atom is -0.342 e. The zero-order valence-corrected chi connectivity index (χ0v) is 25.7. The fraction of sp³-hybridized carbons (Fsp3) is 0.531. The Kier molecular flexibility index (Phi) is 8.03. The number of ketones is 1. The second-order valence-corrected chi connectivity index (χ2v) is 14.4. The van der Waals surface area contributed by atoms with Gasteiger partial charge in [0.15, 0.2) is 5.78 Å². The van der Waals surface area contributed by atoms with Crippen LogP contribution in [0.3, 0.4) is 0 Å². The van der Waals surface area contributed by atoms with Crippen LogP contribution >= 0.6 is 23.2 Å². The average molecular weight is 603 g/mol. The molecule has 220 valence electrons. The third kappa shape index (κ3) is 5.41. The summed E-state index contributed by atoms with van der Waals surface area (Å²) in [5, 5.41) is 6.96. The van der Waals surface area contributed by atoms with Gasteiger partial charge in [0.1, 0.15) is 11.2 Å². The molecule has 5 rings (SSSR count). The predicted octanol–water partition coefficient (Wildman–Crippen LogP) is 6.35. The average Bonchev–Trinajstić information content (AvgIpc) is 3.31. The molecule has 2 amide bonds. The van der Waals surface area contributed by atoms with Crippen molar-refractivity contribution in [1.29, 1.82) is 0 Å². The van der Waals surface area contributed by atoms with Gasteiger partial charge in [-0.3, -0.25) is 14.4 Å². The van der Waals surface area contributed by atoms with Crippen LogP contribution in [0.25, 0.3) is 0 Å². The summed E-state index contributed by atoms with van der Waals surface area (Å²) in [5.41, 5.74) is 0.0307. The van der Waals surface area contributed by atoms with E-state index in [4.69, 9.17) is 23.2 Å². The molecular formula is C32H38Cl2FN3O3. The fourth-order valence-electron chi connectivity index (χ4n) is 7.00. The standard InChI is InChI=1S/C32H38Cl2FN3O3/c1-17(2)11-26(40)38-15-18(16-38)12-24(39)29-27(20-7-6-8-22(34)28(20)35)32(25(37-29)14-31(3,4)5)21-10-9-19(33)13-23(21)36-30(32)41/h6-10,13,17-18,25,27,29,37H,11-12,14-16H2,1-5H3,(H,36,41)/t25-,27+,29+,32+/m1/s1. The van der Waals surface area contributed by atoms with Crippen molar-refractivity contribution in [2.24, 2.45) is 17.3 Å². The Hall–Kier alpha value is -2.48. The van der Waals surface area contributed by atoms with Crippen molar-refractivity contribution in [2.45, 2.75) is 77.3 Å². The number of halogens is 3. The lowest BCUT2D eigenvalue weighted by Crippen LogP contribution is -2.52. The van der Waals surface area contributed by atoms with Gasteiger partial charge in [0.2, 0.25) is 11.8 Å². The predicted molar refractivity (Wildman–Crippen MR) is 160 cm³/mol. The summed E-state index contributed by atoms with van der Waals surface area (Å²) in [6.07, 6.45) is 1.28. The number of benzene rings is 2. The van der Waals surface area contributed by atoms with Crippen LogP contribution in [-0.2, 0) is 19.8 Å². The third-order valence-corrected chi connectivity index (χ3v) is 9.20. The Morgan fingerprint density at radius 1 is 1.15 bits per heavy atom. The lowest BCUT2D eigenvalue weighted by atomic mass is 9.62. The van der Waals surface area contributed by atoms with E-state index in [-0.39, 0.29) is 51.9 Å². The quantitative estimate of drug-likeness (QED) is 0.388. The summed E-state index contributed by atoms with van der Waals surface area (Å²) >= 11 is 12.6. The molecule has 2 aromatic carbocycles. The van der Waals surface area contributed by atoms with Gasteiger partial charge < -0.3 is 15.5 Å². The van der Waals surface area contributed by atoms with Gasteiger partial charge in [-0.15, -0.1) is 0 Å². The van der Waals surface area contributed by atoms with Crippen LogP contribution in [0.2, 0.25) is 10.0 Å². The number of fused-ring (bicyclic) bond motifs is 2. The van der Waals surface area contributed by atoms with E-state index in [2.05, 4.69) is 31.4 Å². The first-order valence-corrected chi connectivity index (χ1v) is 15.1. The van der Waals surface area contributed by atoms with Crippen molar-refractivity contribution in [3.63, 3.8) is 0 Å². The van der Waals surface area contributed by atoms with Gasteiger partial charge in [-0.25, -0.2) is 4.39 Å². The lowest BCUT2D eigenvalue weighted by Gasteiger charge is -2.40. The van der Waals surface area contributed by atoms with Gasteiger partial charge in [-0.2, -0.15) is 0 Å². The van der Waals surface area contributed by atoms with Crippen molar-refractivity contribution in [2.75, 3.05) is 18.4 Å².